The Morgan fingerprint density at radius 3 is 2.88 bits per heavy atom. The number of amides is 1. The molecule has 2 rings (SSSR count). The van der Waals surface area contributed by atoms with Crippen LogP contribution in [0.2, 0.25) is 0 Å². The number of aromatic nitrogens is 1. The fraction of sp³-hybridized carbons (Fsp3) is 0.583. The molecular formula is C12H17FN2O. The zero-order valence-electron chi connectivity index (χ0n) is 9.74. The summed E-state index contributed by atoms with van der Waals surface area (Å²) in [5.41, 5.74) is 1.69. The normalized spacial score (nSPS) is 20.4. The number of likely N-dealkylation sites (tertiary alicyclic amines) is 1. The van der Waals surface area contributed by atoms with Crippen LogP contribution < -0.4 is 0 Å². The first-order valence-electron chi connectivity index (χ1n) is 5.64. The molecule has 0 bridgehead atoms. The van der Waals surface area contributed by atoms with E-state index in [-0.39, 0.29) is 11.9 Å². The van der Waals surface area contributed by atoms with Gasteiger partial charge in [0, 0.05) is 19.3 Å². The van der Waals surface area contributed by atoms with Crippen LogP contribution in [0.1, 0.15) is 29.0 Å². The van der Waals surface area contributed by atoms with E-state index in [0.29, 0.717) is 12.2 Å². The third kappa shape index (κ3) is 1.72. The number of aryl methyl sites for hydroxylation is 1. The molecule has 0 spiro atoms. The van der Waals surface area contributed by atoms with Gasteiger partial charge < -0.3 is 9.47 Å². The van der Waals surface area contributed by atoms with Crippen molar-refractivity contribution in [3.05, 3.63) is 23.5 Å². The minimum atomic E-state index is -0.435. The van der Waals surface area contributed by atoms with Gasteiger partial charge in [0.2, 0.25) is 0 Å². The molecule has 4 heteroatoms. The maximum absolute atomic E-state index is 12.7. The van der Waals surface area contributed by atoms with Crippen LogP contribution in [0.5, 0.6) is 0 Å². The van der Waals surface area contributed by atoms with Gasteiger partial charge in [-0.25, -0.2) is 4.39 Å². The van der Waals surface area contributed by atoms with Crippen LogP contribution in [-0.4, -0.2) is 34.6 Å². The number of alkyl halides is 1. The van der Waals surface area contributed by atoms with Gasteiger partial charge in [-0.15, -0.1) is 0 Å². The second-order valence-electron chi connectivity index (χ2n) is 4.37. The summed E-state index contributed by atoms with van der Waals surface area (Å²) in [6.45, 7) is 2.19. The van der Waals surface area contributed by atoms with Crippen LogP contribution in [0.4, 0.5) is 4.39 Å². The Bertz CT molecular complexity index is 400. The largest absolute Gasteiger partial charge is 0.344 e. The molecule has 0 aromatic carbocycles. The molecule has 0 radical (unpaired) electrons. The molecule has 3 nitrogen and oxygen atoms in total. The van der Waals surface area contributed by atoms with E-state index in [2.05, 4.69) is 0 Å². The Kier molecular flexibility index (Phi) is 2.99. The molecule has 1 amide bonds. The van der Waals surface area contributed by atoms with Gasteiger partial charge in [0.05, 0.1) is 6.04 Å². The van der Waals surface area contributed by atoms with Gasteiger partial charge >= 0.3 is 0 Å². The molecule has 88 valence electrons. The van der Waals surface area contributed by atoms with Gasteiger partial charge in [0.1, 0.15) is 12.4 Å². The molecule has 1 fully saturated rings. The van der Waals surface area contributed by atoms with Crippen molar-refractivity contribution >= 4 is 5.91 Å². The Labute approximate surface area is 94.9 Å². The minimum Gasteiger partial charge on any atom is -0.344 e. The summed E-state index contributed by atoms with van der Waals surface area (Å²) in [6.07, 6.45) is 1.69. The molecule has 0 aliphatic carbocycles. The molecule has 1 aliphatic heterocycles. The van der Waals surface area contributed by atoms with Crippen LogP contribution >= 0.6 is 0 Å². The van der Waals surface area contributed by atoms with Crippen molar-refractivity contribution in [1.29, 1.82) is 0 Å². The fourth-order valence-corrected chi connectivity index (χ4v) is 2.24. The fourth-order valence-electron chi connectivity index (χ4n) is 2.24. The highest BCUT2D eigenvalue weighted by Gasteiger charge is 2.30. The van der Waals surface area contributed by atoms with E-state index in [0.717, 1.165) is 18.5 Å². The summed E-state index contributed by atoms with van der Waals surface area (Å²) in [4.78, 5) is 13.9. The quantitative estimate of drug-likeness (QED) is 0.753. The van der Waals surface area contributed by atoms with Gasteiger partial charge in [0.25, 0.3) is 5.91 Å². The number of rotatable bonds is 2. The van der Waals surface area contributed by atoms with Crippen molar-refractivity contribution in [3.63, 3.8) is 0 Å². The summed E-state index contributed by atoms with van der Waals surface area (Å²) in [5, 5.41) is 0. The molecule has 1 aromatic rings. The molecule has 2 heterocycles. The highest BCUT2D eigenvalue weighted by molar-refractivity contribution is 5.93. The predicted octanol–water partition coefficient (Wildman–Crippen LogP) is 1.91. The van der Waals surface area contributed by atoms with Crippen molar-refractivity contribution in [2.24, 2.45) is 7.05 Å². The molecule has 0 saturated carbocycles. The first kappa shape index (κ1) is 11.2. The zero-order valence-corrected chi connectivity index (χ0v) is 9.74. The molecule has 0 N–H and O–H groups in total. The predicted molar refractivity (Wildman–Crippen MR) is 60.2 cm³/mol. The second kappa shape index (κ2) is 4.28. The summed E-state index contributed by atoms with van der Waals surface area (Å²) in [7, 11) is 1.86. The molecule has 1 aromatic heterocycles. The number of hydrogen-bond donors (Lipinski definition) is 0. The standard InChI is InChI=1S/C12H17FN2O/c1-9-5-6-11(14(9)2)12(16)15-7-3-4-10(15)8-13/h5-6,10H,3-4,7-8H2,1-2H3/t10-/m0/s1. The highest BCUT2D eigenvalue weighted by Crippen LogP contribution is 2.21. The van der Waals surface area contributed by atoms with E-state index in [1.165, 1.54) is 0 Å². The van der Waals surface area contributed by atoms with Crippen molar-refractivity contribution in [1.82, 2.24) is 9.47 Å². The van der Waals surface area contributed by atoms with E-state index >= 15 is 0 Å². The summed E-state index contributed by atoms with van der Waals surface area (Å²) in [5.74, 6) is -0.0456. The van der Waals surface area contributed by atoms with Crippen molar-refractivity contribution in [3.8, 4) is 0 Å². The monoisotopic (exact) mass is 224 g/mol. The van der Waals surface area contributed by atoms with Gasteiger partial charge in [-0.2, -0.15) is 0 Å². The topological polar surface area (TPSA) is 25.2 Å². The third-order valence-corrected chi connectivity index (χ3v) is 3.41. The lowest BCUT2D eigenvalue weighted by Crippen LogP contribution is -2.37. The number of halogens is 1. The maximum Gasteiger partial charge on any atom is 0.270 e. The lowest BCUT2D eigenvalue weighted by Gasteiger charge is -2.22. The zero-order chi connectivity index (χ0) is 11.7. The van der Waals surface area contributed by atoms with Crippen LogP contribution in [0, 0.1) is 6.92 Å². The number of carbonyl (C=O) groups is 1. The Balaban J connectivity index is 2.22. The van der Waals surface area contributed by atoms with E-state index < -0.39 is 6.67 Å². The average molecular weight is 224 g/mol. The average Bonchev–Trinajstić information content (AvgIpc) is 2.86. The molecule has 1 aliphatic rings. The van der Waals surface area contributed by atoms with E-state index in [1.54, 1.807) is 4.90 Å². The lowest BCUT2D eigenvalue weighted by atomic mass is 10.2. The van der Waals surface area contributed by atoms with Gasteiger partial charge in [0.15, 0.2) is 0 Å². The van der Waals surface area contributed by atoms with Crippen LogP contribution in [0.15, 0.2) is 12.1 Å². The lowest BCUT2D eigenvalue weighted by molar-refractivity contribution is 0.0706. The Hall–Kier alpha value is -1.32. The Morgan fingerprint density at radius 2 is 2.31 bits per heavy atom. The van der Waals surface area contributed by atoms with Crippen molar-refractivity contribution in [2.45, 2.75) is 25.8 Å². The summed E-state index contributed by atoms with van der Waals surface area (Å²) < 4.78 is 14.6. The number of carbonyl (C=O) groups excluding carboxylic acids is 1. The van der Waals surface area contributed by atoms with Gasteiger partial charge in [-0.05, 0) is 31.9 Å². The molecule has 1 atom stereocenters. The third-order valence-electron chi connectivity index (χ3n) is 3.41. The molecular weight excluding hydrogens is 207 g/mol. The Morgan fingerprint density at radius 1 is 1.56 bits per heavy atom. The smallest absolute Gasteiger partial charge is 0.270 e. The summed E-state index contributed by atoms with van der Waals surface area (Å²) in [6, 6.07) is 3.50. The van der Waals surface area contributed by atoms with E-state index in [4.69, 9.17) is 0 Å². The highest BCUT2D eigenvalue weighted by atomic mass is 19.1. The summed E-state index contributed by atoms with van der Waals surface area (Å²) >= 11 is 0. The first-order chi connectivity index (χ1) is 7.65. The minimum absolute atomic E-state index is 0.0456. The second-order valence-corrected chi connectivity index (χ2v) is 4.37. The van der Waals surface area contributed by atoms with Gasteiger partial charge in [-0.1, -0.05) is 0 Å². The maximum atomic E-state index is 12.7. The van der Waals surface area contributed by atoms with Gasteiger partial charge in [-0.3, -0.25) is 4.79 Å². The first-order valence-corrected chi connectivity index (χ1v) is 5.64. The van der Waals surface area contributed by atoms with Crippen LogP contribution in [0.25, 0.3) is 0 Å². The number of nitrogens with zero attached hydrogens (tertiary/aromatic N) is 2. The molecule has 1 saturated heterocycles. The molecule has 0 unspecified atom stereocenters. The SMILES string of the molecule is Cc1ccc(C(=O)N2CCC[C@H]2CF)n1C. The van der Waals surface area contributed by atoms with Crippen LogP contribution in [-0.2, 0) is 7.05 Å². The van der Waals surface area contributed by atoms with Crippen molar-refractivity contribution in [2.75, 3.05) is 13.2 Å². The number of hydrogen-bond acceptors (Lipinski definition) is 1. The van der Waals surface area contributed by atoms with E-state index in [9.17, 15) is 9.18 Å². The van der Waals surface area contributed by atoms with E-state index in [1.807, 2.05) is 30.7 Å². The van der Waals surface area contributed by atoms with Crippen molar-refractivity contribution < 1.29 is 9.18 Å². The molecule has 16 heavy (non-hydrogen) atoms. The van der Waals surface area contributed by atoms with Crippen LogP contribution in [0.3, 0.4) is 0 Å².